The molecular weight excluding hydrogens is 350 g/mol. The van der Waals surface area contributed by atoms with Crippen LogP contribution in [0.2, 0.25) is 0 Å². The maximum Gasteiger partial charge on any atom is 0.308 e. The first-order valence-corrected chi connectivity index (χ1v) is 8.93. The lowest BCUT2D eigenvalue weighted by Gasteiger charge is -2.20. The molecule has 0 spiro atoms. The molecule has 1 aromatic carbocycles. The zero-order valence-electron chi connectivity index (χ0n) is 16.0. The molecule has 2 aromatic rings. The molecule has 1 aliphatic heterocycles. The van der Waals surface area contributed by atoms with Crippen LogP contribution in [0.1, 0.15) is 43.0 Å². The van der Waals surface area contributed by atoms with Crippen molar-refractivity contribution in [3.8, 4) is 11.5 Å². The summed E-state index contributed by atoms with van der Waals surface area (Å²) < 4.78 is 16.2. The Morgan fingerprint density at radius 3 is 2.70 bits per heavy atom. The number of ether oxygens (including phenoxy) is 2. The number of benzene rings is 1. The summed E-state index contributed by atoms with van der Waals surface area (Å²) in [5, 5.41) is 13.7. The first kappa shape index (κ1) is 19.2. The van der Waals surface area contributed by atoms with Crippen LogP contribution >= 0.6 is 0 Å². The van der Waals surface area contributed by atoms with E-state index < -0.39 is 11.9 Å². The fourth-order valence-electron chi connectivity index (χ4n) is 3.54. The van der Waals surface area contributed by atoms with E-state index in [1.165, 1.54) is 0 Å². The standard InChI is InChI=1S/C19H25N3O5/c1-11(2)18-20-16(27-21-18)10-22-8-13(14(9-22)19(23)24)12-6-5-7-15(25-3)17(12)26-4/h5-7,11,13-14H,8-10H2,1-4H3,(H,23,24)/t13-,14+/m0/s1. The van der Waals surface area contributed by atoms with E-state index in [2.05, 4.69) is 10.1 Å². The highest BCUT2D eigenvalue weighted by atomic mass is 16.5. The van der Waals surface area contributed by atoms with Gasteiger partial charge >= 0.3 is 5.97 Å². The van der Waals surface area contributed by atoms with Gasteiger partial charge in [0.15, 0.2) is 17.3 Å². The summed E-state index contributed by atoms with van der Waals surface area (Å²) in [7, 11) is 3.13. The van der Waals surface area contributed by atoms with Gasteiger partial charge in [0.2, 0.25) is 5.89 Å². The number of likely N-dealkylation sites (tertiary alicyclic amines) is 1. The number of carbonyl (C=O) groups is 1. The molecule has 1 aliphatic rings. The molecular formula is C19H25N3O5. The Bertz CT molecular complexity index is 804. The highest BCUT2D eigenvalue weighted by Gasteiger charge is 2.40. The van der Waals surface area contributed by atoms with Gasteiger partial charge in [-0.05, 0) is 6.07 Å². The van der Waals surface area contributed by atoms with Gasteiger partial charge in [0.05, 0.1) is 26.7 Å². The van der Waals surface area contributed by atoms with E-state index in [1.807, 2.05) is 30.9 Å². The van der Waals surface area contributed by atoms with Crippen LogP contribution in [-0.2, 0) is 11.3 Å². The Hall–Kier alpha value is -2.61. The average Bonchev–Trinajstić information content (AvgIpc) is 3.28. The molecule has 2 atom stereocenters. The Kier molecular flexibility index (Phi) is 5.65. The minimum atomic E-state index is -0.833. The van der Waals surface area contributed by atoms with Crippen LogP contribution in [0.5, 0.6) is 11.5 Å². The number of methoxy groups -OCH3 is 2. The highest BCUT2D eigenvalue weighted by molar-refractivity contribution is 5.73. The van der Waals surface area contributed by atoms with Gasteiger partial charge in [0, 0.05) is 30.5 Å². The molecule has 3 rings (SSSR count). The number of rotatable bonds is 7. The van der Waals surface area contributed by atoms with Crippen molar-refractivity contribution in [3.05, 3.63) is 35.5 Å². The minimum Gasteiger partial charge on any atom is -0.493 e. The summed E-state index contributed by atoms with van der Waals surface area (Å²) >= 11 is 0. The minimum absolute atomic E-state index is 0.182. The maximum atomic E-state index is 11.9. The smallest absolute Gasteiger partial charge is 0.308 e. The Labute approximate surface area is 158 Å². The second kappa shape index (κ2) is 7.96. The Balaban J connectivity index is 1.84. The maximum absolute atomic E-state index is 11.9. The predicted octanol–water partition coefficient (Wildman–Crippen LogP) is 2.51. The zero-order valence-corrected chi connectivity index (χ0v) is 16.0. The van der Waals surface area contributed by atoms with Crippen molar-refractivity contribution in [2.24, 2.45) is 5.92 Å². The molecule has 2 heterocycles. The van der Waals surface area contributed by atoms with Crippen LogP contribution in [0.25, 0.3) is 0 Å². The van der Waals surface area contributed by atoms with Gasteiger partial charge in [-0.3, -0.25) is 9.69 Å². The van der Waals surface area contributed by atoms with Gasteiger partial charge in [-0.2, -0.15) is 4.98 Å². The first-order chi connectivity index (χ1) is 12.9. The number of para-hydroxylation sites is 1. The quantitative estimate of drug-likeness (QED) is 0.788. The van der Waals surface area contributed by atoms with Crippen molar-refractivity contribution in [2.45, 2.75) is 32.2 Å². The second-order valence-corrected chi connectivity index (χ2v) is 7.03. The molecule has 1 fully saturated rings. The molecule has 8 nitrogen and oxygen atoms in total. The third kappa shape index (κ3) is 3.90. The third-order valence-corrected chi connectivity index (χ3v) is 4.90. The predicted molar refractivity (Wildman–Crippen MR) is 97.1 cm³/mol. The molecule has 0 saturated carbocycles. The van der Waals surface area contributed by atoms with Crippen LogP contribution in [0.4, 0.5) is 0 Å². The molecule has 1 N–H and O–H groups in total. The van der Waals surface area contributed by atoms with E-state index in [0.29, 0.717) is 42.8 Å². The Morgan fingerprint density at radius 2 is 2.11 bits per heavy atom. The summed E-state index contributed by atoms with van der Waals surface area (Å²) in [6.07, 6.45) is 0. The van der Waals surface area contributed by atoms with Crippen LogP contribution in [-0.4, -0.2) is 53.4 Å². The summed E-state index contributed by atoms with van der Waals surface area (Å²) in [6, 6.07) is 5.55. The van der Waals surface area contributed by atoms with Gasteiger partial charge in [-0.25, -0.2) is 0 Å². The number of hydrogen-bond acceptors (Lipinski definition) is 7. The molecule has 0 amide bonds. The van der Waals surface area contributed by atoms with E-state index in [1.54, 1.807) is 20.3 Å². The van der Waals surface area contributed by atoms with E-state index in [-0.39, 0.29) is 11.8 Å². The molecule has 146 valence electrons. The zero-order chi connectivity index (χ0) is 19.6. The molecule has 0 radical (unpaired) electrons. The summed E-state index contributed by atoms with van der Waals surface area (Å²) in [6.45, 7) is 5.37. The topological polar surface area (TPSA) is 97.9 Å². The molecule has 1 saturated heterocycles. The van der Waals surface area contributed by atoms with Crippen molar-refractivity contribution in [1.29, 1.82) is 0 Å². The summed E-state index contributed by atoms with van der Waals surface area (Å²) in [5.74, 6) is 0.904. The number of nitrogens with zero attached hydrogens (tertiary/aromatic N) is 3. The van der Waals surface area contributed by atoms with Crippen molar-refractivity contribution in [2.75, 3.05) is 27.3 Å². The number of aliphatic carboxylic acids is 1. The van der Waals surface area contributed by atoms with Gasteiger partial charge < -0.3 is 19.1 Å². The lowest BCUT2D eigenvalue weighted by molar-refractivity contribution is -0.141. The molecule has 0 bridgehead atoms. The van der Waals surface area contributed by atoms with E-state index >= 15 is 0 Å². The van der Waals surface area contributed by atoms with E-state index in [4.69, 9.17) is 14.0 Å². The largest absolute Gasteiger partial charge is 0.493 e. The number of carboxylic acids is 1. The monoisotopic (exact) mass is 375 g/mol. The number of hydrogen-bond donors (Lipinski definition) is 1. The molecule has 27 heavy (non-hydrogen) atoms. The second-order valence-electron chi connectivity index (χ2n) is 7.03. The molecule has 8 heteroatoms. The lowest BCUT2D eigenvalue weighted by atomic mass is 9.88. The fourth-order valence-corrected chi connectivity index (χ4v) is 3.54. The van der Waals surface area contributed by atoms with Crippen molar-refractivity contribution in [3.63, 3.8) is 0 Å². The third-order valence-electron chi connectivity index (χ3n) is 4.90. The highest BCUT2D eigenvalue weighted by Crippen LogP contribution is 2.42. The van der Waals surface area contributed by atoms with Gasteiger partial charge in [-0.1, -0.05) is 31.1 Å². The van der Waals surface area contributed by atoms with Gasteiger partial charge in [0.1, 0.15) is 0 Å². The molecule has 0 aliphatic carbocycles. The Morgan fingerprint density at radius 1 is 1.33 bits per heavy atom. The van der Waals surface area contributed by atoms with Crippen LogP contribution in [0.3, 0.4) is 0 Å². The van der Waals surface area contributed by atoms with Crippen molar-refractivity contribution < 1.29 is 23.9 Å². The van der Waals surface area contributed by atoms with Crippen LogP contribution in [0.15, 0.2) is 22.7 Å². The first-order valence-electron chi connectivity index (χ1n) is 8.93. The lowest BCUT2D eigenvalue weighted by Crippen LogP contribution is -2.23. The van der Waals surface area contributed by atoms with Gasteiger partial charge in [-0.15, -0.1) is 0 Å². The van der Waals surface area contributed by atoms with Crippen molar-refractivity contribution >= 4 is 5.97 Å². The molecule has 1 aromatic heterocycles. The fraction of sp³-hybridized carbons (Fsp3) is 0.526. The number of carboxylic acid groups (broad SMARTS) is 1. The van der Waals surface area contributed by atoms with E-state index in [9.17, 15) is 9.90 Å². The van der Waals surface area contributed by atoms with Crippen LogP contribution < -0.4 is 9.47 Å². The summed E-state index contributed by atoms with van der Waals surface area (Å²) in [4.78, 5) is 18.3. The number of aromatic nitrogens is 2. The van der Waals surface area contributed by atoms with Gasteiger partial charge in [0.25, 0.3) is 0 Å². The molecule has 0 unspecified atom stereocenters. The van der Waals surface area contributed by atoms with Crippen LogP contribution in [0, 0.1) is 5.92 Å². The average molecular weight is 375 g/mol. The normalized spacial score (nSPS) is 20.2. The van der Waals surface area contributed by atoms with Crippen molar-refractivity contribution in [1.82, 2.24) is 15.0 Å². The summed E-state index contributed by atoms with van der Waals surface area (Å²) in [5.41, 5.74) is 0.833. The van der Waals surface area contributed by atoms with E-state index in [0.717, 1.165) is 5.56 Å². The SMILES string of the molecule is COc1cccc([C@@H]2CN(Cc3nc(C(C)C)no3)C[C@H]2C(=O)O)c1OC.